The summed E-state index contributed by atoms with van der Waals surface area (Å²) in [6.45, 7) is 4.12. The Balaban J connectivity index is 0.000000282. The van der Waals surface area contributed by atoms with Crippen LogP contribution in [-0.2, 0) is 12.8 Å². The summed E-state index contributed by atoms with van der Waals surface area (Å²) in [7, 11) is 0. The Bertz CT molecular complexity index is 599. The molecular weight excluding hydrogens is 283 g/mol. The Morgan fingerprint density at radius 2 is 1.81 bits per heavy atom. The summed E-state index contributed by atoms with van der Waals surface area (Å²) >= 11 is 1.38. The van der Waals surface area contributed by atoms with Crippen LogP contribution in [0.1, 0.15) is 31.4 Å². The van der Waals surface area contributed by atoms with Crippen LogP contribution in [0.15, 0.2) is 36.7 Å². The van der Waals surface area contributed by atoms with Gasteiger partial charge in [0, 0.05) is 17.0 Å². The van der Waals surface area contributed by atoms with Crippen molar-refractivity contribution in [1.82, 2.24) is 4.98 Å². The number of hydrogen-bond donors (Lipinski definition) is 1. The summed E-state index contributed by atoms with van der Waals surface area (Å²) in [6.07, 6.45) is 6.50. The monoisotopic (exact) mass is 304 g/mol. The van der Waals surface area contributed by atoms with Crippen molar-refractivity contribution in [3.8, 4) is 11.1 Å². The molecule has 2 N–H and O–H groups in total. The van der Waals surface area contributed by atoms with Gasteiger partial charge in [-0.3, -0.25) is 10.1 Å². The number of benzene rings is 1. The average molecular weight is 304 g/mol. The van der Waals surface area contributed by atoms with Gasteiger partial charge in [0.05, 0.1) is 6.20 Å². The van der Waals surface area contributed by atoms with Crippen LogP contribution in [0, 0.1) is 5.82 Å². The van der Waals surface area contributed by atoms with Gasteiger partial charge in [-0.05, 0) is 42.0 Å². The van der Waals surface area contributed by atoms with E-state index in [-0.39, 0.29) is 5.82 Å². The zero-order valence-electron chi connectivity index (χ0n) is 12.5. The summed E-state index contributed by atoms with van der Waals surface area (Å²) in [5.41, 5.74) is 4.76. The van der Waals surface area contributed by atoms with Gasteiger partial charge in [0.1, 0.15) is 5.82 Å². The maximum Gasteiger partial charge on any atom is 0.142 e. The molecule has 0 atom stereocenters. The fourth-order valence-electron chi connectivity index (χ4n) is 2.32. The smallest absolute Gasteiger partial charge is 0.142 e. The minimum absolute atomic E-state index is 0.280. The number of pyridine rings is 1. The molecule has 112 valence electrons. The van der Waals surface area contributed by atoms with Gasteiger partial charge in [-0.25, -0.2) is 4.39 Å². The standard InChI is InChI=1S/C14H12FN.C3H9NS/c15-14-7-13(8-16-9-14)12-5-4-10-2-1-3-11(10)6-12;1-3(2)5-4/h4-9H,1-3H2;3H,4H2,1-2H3. The van der Waals surface area contributed by atoms with Crippen LogP contribution < -0.4 is 5.14 Å². The highest BCUT2D eigenvalue weighted by atomic mass is 32.2. The highest BCUT2D eigenvalue weighted by Gasteiger charge is 2.11. The number of halogens is 1. The summed E-state index contributed by atoms with van der Waals surface area (Å²) in [5, 5.41) is 5.67. The van der Waals surface area contributed by atoms with Gasteiger partial charge < -0.3 is 0 Å². The molecule has 3 rings (SSSR count). The van der Waals surface area contributed by atoms with Crippen LogP contribution in [0.3, 0.4) is 0 Å². The molecule has 1 aromatic carbocycles. The maximum absolute atomic E-state index is 13.1. The Hall–Kier alpha value is -1.39. The maximum atomic E-state index is 13.1. The minimum Gasteiger partial charge on any atom is -0.278 e. The van der Waals surface area contributed by atoms with Gasteiger partial charge in [0.2, 0.25) is 0 Å². The van der Waals surface area contributed by atoms with Crippen LogP contribution in [0.2, 0.25) is 0 Å². The quantitative estimate of drug-likeness (QED) is 0.837. The second-order valence-corrected chi connectivity index (χ2v) is 6.63. The lowest BCUT2D eigenvalue weighted by Gasteiger charge is -2.04. The molecule has 4 heteroatoms. The predicted molar refractivity (Wildman–Crippen MR) is 88.6 cm³/mol. The Morgan fingerprint density at radius 3 is 2.48 bits per heavy atom. The Kier molecular flexibility index (Phi) is 5.76. The number of rotatable bonds is 2. The molecule has 1 aliphatic carbocycles. The van der Waals surface area contributed by atoms with E-state index in [0.29, 0.717) is 5.25 Å². The number of nitrogens with two attached hydrogens (primary N) is 1. The molecule has 0 bridgehead atoms. The Morgan fingerprint density at radius 1 is 1.10 bits per heavy atom. The lowest BCUT2D eigenvalue weighted by atomic mass is 10.0. The molecule has 0 amide bonds. The van der Waals surface area contributed by atoms with E-state index < -0.39 is 0 Å². The van der Waals surface area contributed by atoms with Crippen LogP contribution in [0.5, 0.6) is 0 Å². The van der Waals surface area contributed by atoms with Gasteiger partial charge in [0.15, 0.2) is 0 Å². The first-order valence-corrected chi connectivity index (χ1v) is 8.12. The summed E-state index contributed by atoms with van der Waals surface area (Å²) in [4.78, 5) is 3.88. The number of aryl methyl sites for hydroxylation is 2. The molecule has 21 heavy (non-hydrogen) atoms. The molecule has 1 heterocycles. The van der Waals surface area contributed by atoms with E-state index in [1.165, 1.54) is 48.2 Å². The van der Waals surface area contributed by atoms with Crippen LogP contribution in [0.25, 0.3) is 11.1 Å². The van der Waals surface area contributed by atoms with E-state index in [4.69, 9.17) is 5.14 Å². The zero-order chi connectivity index (χ0) is 15.2. The van der Waals surface area contributed by atoms with Crippen molar-refractivity contribution in [2.24, 2.45) is 5.14 Å². The summed E-state index contributed by atoms with van der Waals surface area (Å²) < 4.78 is 13.1. The highest BCUT2D eigenvalue weighted by molar-refractivity contribution is 7.97. The van der Waals surface area contributed by atoms with E-state index in [1.54, 1.807) is 6.20 Å². The molecule has 0 fully saturated rings. The first-order chi connectivity index (χ1) is 10.1. The number of fused-ring (bicyclic) bond motifs is 1. The highest BCUT2D eigenvalue weighted by Crippen LogP contribution is 2.27. The first-order valence-electron chi connectivity index (χ1n) is 7.18. The van der Waals surface area contributed by atoms with Gasteiger partial charge in [-0.2, -0.15) is 0 Å². The second kappa shape index (κ2) is 7.57. The van der Waals surface area contributed by atoms with Crippen LogP contribution in [-0.4, -0.2) is 10.2 Å². The SMILES string of the molecule is CC(C)SN.Fc1cncc(-c2ccc3c(c2)CCC3)c1. The number of aromatic nitrogens is 1. The van der Waals surface area contributed by atoms with Crippen molar-refractivity contribution in [2.75, 3.05) is 0 Å². The molecule has 2 aromatic rings. The fraction of sp³-hybridized carbons (Fsp3) is 0.353. The van der Waals surface area contributed by atoms with Crippen LogP contribution >= 0.6 is 11.9 Å². The molecule has 0 spiro atoms. The molecule has 0 unspecified atom stereocenters. The average Bonchev–Trinajstić information content (AvgIpc) is 2.95. The lowest BCUT2D eigenvalue weighted by Crippen LogP contribution is -1.90. The summed E-state index contributed by atoms with van der Waals surface area (Å²) in [5.74, 6) is -0.280. The van der Waals surface area contributed by atoms with E-state index in [1.807, 2.05) is 0 Å². The minimum atomic E-state index is -0.280. The second-order valence-electron chi connectivity index (χ2n) is 5.41. The third-order valence-corrected chi connectivity index (χ3v) is 3.95. The van der Waals surface area contributed by atoms with Crippen molar-refractivity contribution in [3.05, 3.63) is 53.6 Å². The van der Waals surface area contributed by atoms with E-state index in [2.05, 4.69) is 37.0 Å². The van der Waals surface area contributed by atoms with Crippen molar-refractivity contribution in [3.63, 3.8) is 0 Å². The van der Waals surface area contributed by atoms with Crippen molar-refractivity contribution < 1.29 is 4.39 Å². The molecular formula is C17H21FN2S. The summed E-state index contributed by atoms with van der Waals surface area (Å²) in [6, 6.07) is 7.91. The lowest BCUT2D eigenvalue weighted by molar-refractivity contribution is 0.622. The van der Waals surface area contributed by atoms with Crippen molar-refractivity contribution in [1.29, 1.82) is 0 Å². The molecule has 1 aliphatic rings. The number of nitrogens with zero attached hydrogens (tertiary/aromatic N) is 1. The topological polar surface area (TPSA) is 38.9 Å². The molecule has 1 aromatic heterocycles. The first kappa shape index (κ1) is 16.0. The molecule has 2 nitrogen and oxygen atoms in total. The molecule has 0 radical (unpaired) electrons. The third kappa shape index (κ3) is 4.55. The van der Waals surface area contributed by atoms with Gasteiger partial charge in [-0.15, -0.1) is 0 Å². The van der Waals surface area contributed by atoms with Crippen molar-refractivity contribution >= 4 is 11.9 Å². The van der Waals surface area contributed by atoms with Gasteiger partial charge in [-0.1, -0.05) is 44.0 Å². The van der Waals surface area contributed by atoms with Gasteiger partial charge in [0.25, 0.3) is 0 Å². The predicted octanol–water partition coefficient (Wildman–Crippen LogP) is 4.38. The van der Waals surface area contributed by atoms with Crippen molar-refractivity contribution in [2.45, 2.75) is 38.4 Å². The Labute approximate surface area is 130 Å². The van der Waals surface area contributed by atoms with E-state index >= 15 is 0 Å². The number of hydrogen-bond acceptors (Lipinski definition) is 3. The third-order valence-electron chi connectivity index (χ3n) is 3.41. The van der Waals surface area contributed by atoms with Gasteiger partial charge >= 0.3 is 0 Å². The molecule has 0 saturated carbocycles. The molecule has 0 aliphatic heterocycles. The molecule has 0 saturated heterocycles. The largest absolute Gasteiger partial charge is 0.278 e. The van der Waals surface area contributed by atoms with E-state index in [9.17, 15) is 4.39 Å². The fourth-order valence-corrected chi connectivity index (χ4v) is 2.32. The van der Waals surface area contributed by atoms with E-state index in [0.717, 1.165) is 17.5 Å². The van der Waals surface area contributed by atoms with Crippen LogP contribution in [0.4, 0.5) is 4.39 Å². The normalized spacial score (nSPS) is 12.8. The zero-order valence-corrected chi connectivity index (χ0v) is 13.3.